The van der Waals surface area contributed by atoms with E-state index in [2.05, 4.69) is 56.8 Å². The van der Waals surface area contributed by atoms with Gasteiger partial charge in [-0.2, -0.15) is 0 Å². The molecule has 0 aliphatic carbocycles. The lowest BCUT2D eigenvalue weighted by molar-refractivity contribution is 0.154. The Labute approximate surface area is 120 Å². The van der Waals surface area contributed by atoms with Crippen LogP contribution < -0.4 is 0 Å². The monoisotopic (exact) mass is 264 g/mol. The summed E-state index contributed by atoms with van der Waals surface area (Å²) in [5, 5.41) is 0. The quantitative estimate of drug-likeness (QED) is 0.675. The average Bonchev–Trinajstić information content (AvgIpc) is 2.36. The number of allylic oxidation sites excluding steroid dienone is 3. The van der Waals surface area contributed by atoms with E-state index < -0.39 is 0 Å². The van der Waals surface area contributed by atoms with Crippen molar-refractivity contribution < 1.29 is 0 Å². The molecule has 0 N–H and O–H groups in total. The smallest absolute Gasteiger partial charge is 0.0165 e. The standard InChI is InChI=1S/C17H32N2/c1-15(2)7-6-8-16(3)9-14-19(5)17-10-12-18(4)13-11-17/h7,9,17H,6,8,10-14H2,1-5H3/b16-9+. The molecule has 0 amide bonds. The van der Waals surface area contributed by atoms with Crippen molar-refractivity contribution in [1.82, 2.24) is 9.80 Å². The molecule has 1 aliphatic heterocycles. The second-order valence-corrected chi connectivity index (χ2v) is 6.34. The number of piperidine rings is 1. The number of rotatable bonds is 6. The molecule has 1 aliphatic rings. The number of likely N-dealkylation sites (tertiary alicyclic amines) is 1. The molecular weight excluding hydrogens is 232 g/mol. The normalized spacial score (nSPS) is 18.9. The number of hydrogen-bond donors (Lipinski definition) is 0. The molecule has 0 saturated carbocycles. The molecule has 2 nitrogen and oxygen atoms in total. The Bertz CT molecular complexity index is 305. The molecule has 1 rings (SSSR count). The van der Waals surface area contributed by atoms with Crippen LogP contribution in [0.2, 0.25) is 0 Å². The molecule has 0 unspecified atom stereocenters. The highest BCUT2D eigenvalue weighted by Crippen LogP contribution is 2.14. The van der Waals surface area contributed by atoms with Crippen LogP contribution in [-0.2, 0) is 0 Å². The van der Waals surface area contributed by atoms with Crippen LogP contribution in [-0.4, -0.2) is 49.6 Å². The zero-order valence-corrected chi connectivity index (χ0v) is 13.6. The molecule has 0 aromatic rings. The summed E-state index contributed by atoms with van der Waals surface area (Å²) in [5.41, 5.74) is 2.95. The molecule has 1 fully saturated rings. The van der Waals surface area contributed by atoms with Crippen molar-refractivity contribution in [1.29, 1.82) is 0 Å². The third-order valence-electron chi connectivity index (χ3n) is 4.13. The van der Waals surface area contributed by atoms with Gasteiger partial charge >= 0.3 is 0 Å². The molecule has 0 atom stereocenters. The highest BCUT2D eigenvalue weighted by Gasteiger charge is 2.19. The van der Waals surface area contributed by atoms with Crippen LogP contribution in [0, 0.1) is 0 Å². The van der Waals surface area contributed by atoms with E-state index in [1.807, 2.05) is 0 Å². The van der Waals surface area contributed by atoms with Gasteiger partial charge < -0.3 is 4.90 Å². The first-order valence-corrected chi connectivity index (χ1v) is 7.67. The minimum atomic E-state index is 0.776. The Morgan fingerprint density at radius 2 is 1.79 bits per heavy atom. The fraction of sp³-hybridized carbons (Fsp3) is 0.765. The van der Waals surface area contributed by atoms with Gasteiger partial charge in [-0.25, -0.2) is 0 Å². The van der Waals surface area contributed by atoms with E-state index in [9.17, 15) is 0 Å². The lowest BCUT2D eigenvalue weighted by Crippen LogP contribution is -2.41. The van der Waals surface area contributed by atoms with Crippen molar-refractivity contribution >= 4 is 0 Å². The van der Waals surface area contributed by atoms with Crippen molar-refractivity contribution in [2.24, 2.45) is 0 Å². The Morgan fingerprint density at radius 3 is 2.37 bits per heavy atom. The summed E-state index contributed by atoms with van der Waals surface area (Å²) in [6.45, 7) is 10.2. The third-order valence-corrected chi connectivity index (χ3v) is 4.13. The summed E-state index contributed by atoms with van der Waals surface area (Å²) < 4.78 is 0. The highest BCUT2D eigenvalue weighted by molar-refractivity contribution is 5.03. The molecule has 0 bridgehead atoms. The van der Waals surface area contributed by atoms with Gasteiger partial charge in [0.2, 0.25) is 0 Å². The molecule has 1 heterocycles. The number of likely N-dealkylation sites (N-methyl/N-ethyl adjacent to an activating group) is 1. The van der Waals surface area contributed by atoms with Crippen molar-refractivity contribution in [2.75, 3.05) is 33.7 Å². The molecule has 0 aromatic heterocycles. The molecular formula is C17H32N2. The number of hydrogen-bond acceptors (Lipinski definition) is 2. The second kappa shape index (κ2) is 8.55. The van der Waals surface area contributed by atoms with E-state index >= 15 is 0 Å². The lowest BCUT2D eigenvalue weighted by atomic mass is 10.0. The van der Waals surface area contributed by atoms with Gasteiger partial charge in [-0.15, -0.1) is 0 Å². The van der Waals surface area contributed by atoms with Crippen LogP contribution in [0.1, 0.15) is 46.5 Å². The SMILES string of the molecule is CC(C)=CCC/C(C)=C/CN(C)C1CCN(C)CC1. The predicted molar refractivity (Wildman–Crippen MR) is 85.6 cm³/mol. The Hall–Kier alpha value is -0.600. The van der Waals surface area contributed by atoms with Gasteiger partial charge in [0.05, 0.1) is 0 Å². The van der Waals surface area contributed by atoms with E-state index in [-0.39, 0.29) is 0 Å². The molecule has 1 saturated heterocycles. The van der Waals surface area contributed by atoms with Gasteiger partial charge in [0.1, 0.15) is 0 Å². The minimum Gasteiger partial charge on any atom is -0.306 e. The maximum atomic E-state index is 2.53. The summed E-state index contributed by atoms with van der Waals surface area (Å²) in [4.78, 5) is 4.96. The molecule has 0 radical (unpaired) electrons. The maximum Gasteiger partial charge on any atom is 0.0165 e. The molecule has 0 spiro atoms. The van der Waals surface area contributed by atoms with Gasteiger partial charge in [0.25, 0.3) is 0 Å². The third kappa shape index (κ3) is 6.93. The van der Waals surface area contributed by atoms with Crippen LogP contribution in [0.3, 0.4) is 0 Å². The lowest BCUT2D eigenvalue weighted by Gasteiger charge is -2.34. The molecule has 110 valence electrons. The summed E-state index contributed by atoms with van der Waals surface area (Å²) in [6.07, 6.45) is 9.76. The van der Waals surface area contributed by atoms with Crippen molar-refractivity contribution in [2.45, 2.75) is 52.5 Å². The maximum absolute atomic E-state index is 2.53. The van der Waals surface area contributed by atoms with Crippen LogP contribution in [0.15, 0.2) is 23.3 Å². The average molecular weight is 264 g/mol. The summed E-state index contributed by atoms with van der Waals surface area (Å²) >= 11 is 0. The van der Waals surface area contributed by atoms with Crippen molar-refractivity contribution in [3.63, 3.8) is 0 Å². The summed E-state index contributed by atoms with van der Waals surface area (Å²) in [6, 6.07) is 0.776. The van der Waals surface area contributed by atoms with Gasteiger partial charge in [-0.1, -0.05) is 23.3 Å². The van der Waals surface area contributed by atoms with E-state index in [0.717, 1.165) is 12.6 Å². The molecule has 2 heteroatoms. The van der Waals surface area contributed by atoms with Gasteiger partial charge in [0, 0.05) is 12.6 Å². The van der Waals surface area contributed by atoms with Crippen LogP contribution in [0.5, 0.6) is 0 Å². The Balaban J connectivity index is 2.27. The first-order chi connectivity index (χ1) is 8.99. The Kier molecular flexibility index (Phi) is 7.40. The summed E-state index contributed by atoms with van der Waals surface area (Å²) in [7, 11) is 4.50. The van der Waals surface area contributed by atoms with Crippen LogP contribution in [0.25, 0.3) is 0 Å². The first-order valence-electron chi connectivity index (χ1n) is 7.67. The molecule has 19 heavy (non-hydrogen) atoms. The second-order valence-electron chi connectivity index (χ2n) is 6.34. The zero-order chi connectivity index (χ0) is 14.3. The van der Waals surface area contributed by atoms with E-state index in [1.165, 1.54) is 49.9 Å². The van der Waals surface area contributed by atoms with Gasteiger partial charge in [-0.05, 0) is 73.6 Å². The minimum absolute atomic E-state index is 0.776. The number of nitrogens with zero attached hydrogens (tertiary/aromatic N) is 2. The fourth-order valence-electron chi connectivity index (χ4n) is 2.58. The van der Waals surface area contributed by atoms with Crippen molar-refractivity contribution in [3.8, 4) is 0 Å². The highest BCUT2D eigenvalue weighted by atomic mass is 15.2. The Morgan fingerprint density at radius 1 is 1.16 bits per heavy atom. The zero-order valence-electron chi connectivity index (χ0n) is 13.6. The first kappa shape index (κ1) is 16.5. The largest absolute Gasteiger partial charge is 0.306 e. The van der Waals surface area contributed by atoms with Crippen LogP contribution >= 0.6 is 0 Å². The molecule has 0 aromatic carbocycles. The van der Waals surface area contributed by atoms with Crippen LogP contribution in [0.4, 0.5) is 0 Å². The summed E-state index contributed by atoms with van der Waals surface area (Å²) in [5.74, 6) is 0. The van der Waals surface area contributed by atoms with E-state index in [1.54, 1.807) is 0 Å². The fourth-order valence-corrected chi connectivity index (χ4v) is 2.58. The van der Waals surface area contributed by atoms with E-state index in [4.69, 9.17) is 0 Å². The van der Waals surface area contributed by atoms with Gasteiger partial charge in [0.15, 0.2) is 0 Å². The van der Waals surface area contributed by atoms with E-state index in [0.29, 0.717) is 0 Å². The topological polar surface area (TPSA) is 6.48 Å². The predicted octanol–water partition coefficient (Wildman–Crippen LogP) is 3.71. The van der Waals surface area contributed by atoms with Crippen molar-refractivity contribution in [3.05, 3.63) is 23.3 Å². The van der Waals surface area contributed by atoms with Gasteiger partial charge in [-0.3, -0.25) is 4.90 Å².